The van der Waals surface area contributed by atoms with Crippen molar-refractivity contribution < 1.29 is 32.2 Å². The van der Waals surface area contributed by atoms with Gasteiger partial charge in [0.05, 0.1) is 25.6 Å². The average molecular weight is 386 g/mol. The Bertz CT molecular complexity index is 849. The van der Waals surface area contributed by atoms with Gasteiger partial charge in [-0.15, -0.1) is 0 Å². The van der Waals surface area contributed by atoms with Crippen molar-refractivity contribution in [2.45, 2.75) is 32.9 Å². The Balaban J connectivity index is 2.61. The third-order valence-electron chi connectivity index (χ3n) is 3.49. The van der Waals surface area contributed by atoms with Crippen LogP contribution in [0.15, 0.2) is 12.4 Å². The number of rotatable bonds is 6. The first kappa shape index (κ1) is 20.3. The van der Waals surface area contributed by atoms with Gasteiger partial charge in [-0.3, -0.25) is 0 Å². The van der Waals surface area contributed by atoms with E-state index in [0.717, 1.165) is 18.0 Å². The second kappa shape index (κ2) is 8.14. The molecule has 0 aromatic carbocycles. The van der Waals surface area contributed by atoms with E-state index < -0.39 is 35.3 Å². The van der Waals surface area contributed by atoms with Crippen molar-refractivity contribution in [1.29, 1.82) is 0 Å². The highest BCUT2D eigenvalue weighted by molar-refractivity contribution is 5.91. The summed E-state index contributed by atoms with van der Waals surface area (Å²) in [6, 6.07) is 0. The molecule has 2 rings (SSSR count). The van der Waals surface area contributed by atoms with Gasteiger partial charge in [-0.05, 0) is 13.3 Å². The van der Waals surface area contributed by atoms with E-state index >= 15 is 0 Å². The Kier molecular flexibility index (Phi) is 6.13. The van der Waals surface area contributed by atoms with E-state index in [1.54, 1.807) is 6.92 Å². The SMILES string of the molecule is CCCc1c(C(=O)OCC)cnn1-c1ncc(C(=O)OC)c(C(F)(F)F)n1. The Labute approximate surface area is 152 Å². The van der Waals surface area contributed by atoms with Gasteiger partial charge in [0.25, 0.3) is 5.95 Å². The maximum absolute atomic E-state index is 13.3. The van der Waals surface area contributed by atoms with E-state index in [0.29, 0.717) is 18.5 Å². The van der Waals surface area contributed by atoms with Gasteiger partial charge in [-0.1, -0.05) is 13.3 Å². The third-order valence-corrected chi connectivity index (χ3v) is 3.49. The maximum Gasteiger partial charge on any atom is 0.434 e. The van der Waals surface area contributed by atoms with E-state index in [1.165, 1.54) is 6.20 Å². The molecule has 0 N–H and O–H groups in total. The minimum atomic E-state index is -4.91. The van der Waals surface area contributed by atoms with Crippen LogP contribution in [0, 0.1) is 0 Å². The molecule has 146 valence electrons. The molecule has 0 atom stereocenters. The molecule has 11 heteroatoms. The lowest BCUT2D eigenvalue weighted by molar-refractivity contribution is -0.141. The number of methoxy groups -OCH3 is 1. The summed E-state index contributed by atoms with van der Waals surface area (Å²) in [5, 5.41) is 3.93. The number of halogens is 3. The Hall–Kier alpha value is -2.98. The fourth-order valence-corrected chi connectivity index (χ4v) is 2.35. The number of hydrogen-bond acceptors (Lipinski definition) is 7. The predicted molar refractivity (Wildman–Crippen MR) is 85.4 cm³/mol. The van der Waals surface area contributed by atoms with Crippen molar-refractivity contribution in [3.63, 3.8) is 0 Å². The molecular weight excluding hydrogens is 369 g/mol. The first-order valence-electron chi connectivity index (χ1n) is 8.01. The molecule has 0 fully saturated rings. The van der Waals surface area contributed by atoms with Crippen molar-refractivity contribution in [2.24, 2.45) is 0 Å². The minimum Gasteiger partial charge on any atom is -0.465 e. The summed E-state index contributed by atoms with van der Waals surface area (Å²) >= 11 is 0. The molecule has 0 spiro atoms. The number of nitrogens with zero attached hydrogens (tertiary/aromatic N) is 4. The smallest absolute Gasteiger partial charge is 0.434 e. The van der Waals surface area contributed by atoms with E-state index in [-0.39, 0.29) is 12.2 Å². The zero-order chi connectivity index (χ0) is 20.2. The zero-order valence-electron chi connectivity index (χ0n) is 14.8. The van der Waals surface area contributed by atoms with E-state index in [4.69, 9.17) is 4.74 Å². The molecule has 0 radical (unpaired) electrons. The summed E-state index contributed by atoms with van der Waals surface area (Å²) in [5.74, 6) is -2.28. The van der Waals surface area contributed by atoms with Gasteiger partial charge in [0, 0.05) is 6.20 Å². The number of carbonyl (C=O) groups is 2. The second-order valence-corrected chi connectivity index (χ2v) is 5.31. The van der Waals surface area contributed by atoms with Crippen molar-refractivity contribution in [1.82, 2.24) is 19.7 Å². The molecule has 0 saturated carbocycles. The van der Waals surface area contributed by atoms with Crippen LogP contribution in [0.3, 0.4) is 0 Å². The summed E-state index contributed by atoms with van der Waals surface area (Å²) in [4.78, 5) is 30.9. The maximum atomic E-state index is 13.3. The van der Waals surface area contributed by atoms with E-state index in [9.17, 15) is 22.8 Å². The second-order valence-electron chi connectivity index (χ2n) is 5.31. The molecule has 0 aliphatic rings. The lowest BCUT2D eigenvalue weighted by atomic mass is 10.1. The molecule has 0 aliphatic heterocycles. The Morgan fingerprint density at radius 2 is 1.85 bits per heavy atom. The zero-order valence-corrected chi connectivity index (χ0v) is 14.8. The number of ether oxygens (including phenoxy) is 2. The Morgan fingerprint density at radius 3 is 2.41 bits per heavy atom. The summed E-state index contributed by atoms with van der Waals surface area (Å²) < 4.78 is 50.3. The van der Waals surface area contributed by atoms with Crippen LogP contribution >= 0.6 is 0 Å². The molecule has 0 saturated heterocycles. The summed E-state index contributed by atoms with van der Waals surface area (Å²) in [7, 11) is 0.953. The lowest BCUT2D eigenvalue weighted by Crippen LogP contribution is -2.20. The molecule has 0 unspecified atom stereocenters. The highest BCUT2D eigenvalue weighted by Gasteiger charge is 2.39. The van der Waals surface area contributed by atoms with Gasteiger partial charge < -0.3 is 9.47 Å². The fraction of sp³-hybridized carbons (Fsp3) is 0.438. The lowest BCUT2D eigenvalue weighted by Gasteiger charge is -2.12. The van der Waals surface area contributed by atoms with Gasteiger partial charge in [-0.25, -0.2) is 24.2 Å². The number of esters is 2. The van der Waals surface area contributed by atoms with Crippen molar-refractivity contribution in [3.05, 3.63) is 34.9 Å². The van der Waals surface area contributed by atoms with Crippen LogP contribution in [0.5, 0.6) is 0 Å². The molecular formula is C16H17F3N4O4. The number of carbonyl (C=O) groups excluding carboxylic acids is 2. The van der Waals surface area contributed by atoms with E-state index in [1.807, 2.05) is 6.92 Å². The number of alkyl halides is 3. The normalized spacial score (nSPS) is 11.3. The van der Waals surface area contributed by atoms with Gasteiger partial charge >= 0.3 is 18.1 Å². The third kappa shape index (κ3) is 4.23. The van der Waals surface area contributed by atoms with Gasteiger partial charge in [-0.2, -0.15) is 18.3 Å². The van der Waals surface area contributed by atoms with Crippen molar-refractivity contribution >= 4 is 11.9 Å². The van der Waals surface area contributed by atoms with Gasteiger partial charge in [0.2, 0.25) is 0 Å². The van der Waals surface area contributed by atoms with Crippen LogP contribution in [0.2, 0.25) is 0 Å². The number of hydrogen-bond donors (Lipinski definition) is 0. The summed E-state index contributed by atoms with van der Waals surface area (Å²) in [5.41, 5.74) is -1.83. The fourth-order valence-electron chi connectivity index (χ4n) is 2.35. The highest BCUT2D eigenvalue weighted by atomic mass is 19.4. The number of aromatic nitrogens is 4. The topological polar surface area (TPSA) is 96.2 Å². The van der Waals surface area contributed by atoms with Crippen LogP contribution in [0.1, 0.15) is 52.4 Å². The highest BCUT2D eigenvalue weighted by Crippen LogP contribution is 2.31. The molecule has 0 amide bonds. The molecule has 2 aromatic rings. The first-order chi connectivity index (χ1) is 12.7. The molecule has 27 heavy (non-hydrogen) atoms. The monoisotopic (exact) mass is 386 g/mol. The predicted octanol–water partition coefficient (Wildman–Crippen LogP) is 2.60. The summed E-state index contributed by atoms with van der Waals surface area (Å²) in [6.07, 6.45) is -2.09. The molecule has 0 bridgehead atoms. The average Bonchev–Trinajstić information content (AvgIpc) is 3.04. The van der Waals surface area contributed by atoms with Crippen LogP contribution in [0.4, 0.5) is 13.2 Å². The van der Waals surface area contributed by atoms with Gasteiger partial charge in [0.15, 0.2) is 5.69 Å². The van der Waals surface area contributed by atoms with Crippen LogP contribution < -0.4 is 0 Å². The van der Waals surface area contributed by atoms with Crippen molar-refractivity contribution in [3.8, 4) is 5.95 Å². The standard InChI is InChI=1S/C16H17F3N4O4/c1-4-6-11-9(14(25)27-5-2)8-21-23(11)15-20-7-10(13(24)26-3)12(22-15)16(17,18)19/h7-8H,4-6H2,1-3H3. The van der Waals surface area contributed by atoms with Crippen LogP contribution in [-0.4, -0.2) is 45.4 Å². The molecule has 2 aromatic heterocycles. The van der Waals surface area contributed by atoms with E-state index in [2.05, 4.69) is 19.8 Å². The largest absolute Gasteiger partial charge is 0.465 e. The molecule has 8 nitrogen and oxygen atoms in total. The van der Waals surface area contributed by atoms with Crippen LogP contribution in [-0.2, 0) is 22.1 Å². The van der Waals surface area contributed by atoms with Gasteiger partial charge in [0.1, 0.15) is 11.1 Å². The van der Waals surface area contributed by atoms with Crippen LogP contribution in [0.25, 0.3) is 5.95 Å². The van der Waals surface area contributed by atoms with Crippen molar-refractivity contribution in [2.75, 3.05) is 13.7 Å². The minimum absolute atomic E-state index is 0.118. The first-order valence-corrected chi connectivity index (χ1v) is 8.01. The molecule has 0 aliphatic carbocycles. The Morgan fingerprint density at radius 1 is 1.15 bits per heavy atom. The summed E-state index contributed by atoms with van der Waals surface area (Å²) in [6.45, 7) is 3.60. The molecule has 2 heterocycles. The quantitative estimate of drug-likeness (QED) is 0.704.